The summed E-state index contributed by atoms with van der Waals surface area (Å²) in [6.45, 7) is 15.9. The summed E-state index contributed by atoms with van der Waals surface area (Å²) in [5.41, 5.74) is 10.2. The number of hydrogen-bond donors (Lipinski definition) is 3. The van der Waals surface area contributed by atoms with E-state index in [0.717, 1.165) is 61.4 Å². The first-order valence-electron chi connectivity index (χ1n) is 15.0. The zero-order chi connectivity index (χ0) is 30.7. The minimum absolute atomic E-state index is 0.245. The van der Waals surface area contributed by atoms with Crippen LogP contribution in [0.25, 0.3) is 11.1 Å². The summed E-state index contributed by atoms with van der Waals surface area (Å²) < 4.78 is 0. The molecule has 2 aromatic carbocycles. The van der Waals surface area contributed by atoms with Crippen molar-refractivity contribution in [2.24, 2.45) is 26.4 Å². The lowest BCUT2D eigenvalue weighted by atomic mass is 9.88. The van der Waals surface area contributed by atoms with E-state index in [4.69, 9.17) is 0 Å². The van der Waals surface area contributed by atoms with Crippen LogP contribution in [-0.2, 0) is 19.3 Å². The lowest BCUT2D eigenvalue weighted by molar-refractivity contribution is 0.160. The van der Waals surface area contributed by atoms with Crippen LogP contribution in [-0.4, -0.2) is 36.2 Å². The molecule has 3 aromatic rings. The zero-order valence-electron chi connectivity index (χ0n) is 25.9. The Hall–Kier alpha value is -3.91. The molecule has 4 rings (SSSR count). The van der Waals surface area contributed by atoms with Crippen molar-refractivity contribution >= 4 is 24.9 Å². The zero-order valence-corrected chi connectivity index (χ0v) is 25.9. The molecule has 0 spiro atoms. The average molecular weight is 572 g/mol. The second-order valence-electron chi connectivity index (χ2n) is 10.5. The number of rotatable bonds is 11. The molecular weight excluding hydrogens is 522 g/mol. The third-order valence-electron chi connectivity index (χ3n) is 7.34. The van der Waals surface area contributed by atoms with Crippen molar-refractivity contribution in [1.29, 1.82) is 0 Å². The summed E-state index contributed by atoms with van der Waals surface area (Å²) in [5.74, 6) is 5.28. The van der Waals surface area contributed by atoms with E-state index in [9.17, 15) is 5.11 Å². The molecule has 1 aromatic heterocycles. The van der Waals surface area contributed by atoms with Gasteiger partial charge < -0.3 is 16.3 Å². The van der Waals surface area contributed by atoms with Crippen molar-refractivity contribution in [2.75, 3.05) is 11.9 Å². The Kier molecular flexibility index (Phi) is 15.7. The van der Waals surface area contributed by atoms with Gasteiger partial charge in [0.25, 0.3) is 0 Å². The SMILES string of the molecule is C=N/N=N\N.C=Nc1c(C)cc(CCC(O)CC)nc1NCCCC.Cc1ccccc1-c1ccc2c(c1)CCCC2. The van der Waals surface area contributed by atoms with E-state index in [1.165, 1.54) is 42.4 Å². The number of unbranched alkanes of at least 4 members (excludes halogenated alkanes) is 1. The van der Waals surface area contributed by atoms with Crippen LogP contribution < -0.4 is 11.2 Å². The molecule has 0 saturated carbocycles. The summed E-state index contributed by atoms with van der Waals surface area (Å²) in [6.07, 6.45) is 9.56. The number of aliphatic hydroxyl groups is 1. The van der Waals surface area contributed by atoms with Gasteiger partial charge in [-0.1, -0.05) is 68.0 Å². The van der Waals surface area contributed by atoms with Crippen LogP contribution in [0.2, 0.25) is 0 Å². The van der Waals surface area contributed by atoms with E-state index in [0.29, 0.717) is 0 Å². The number of nitrogens with zero attached hydrogens (tertiary/aromatic N) is 5. The summed E-state index contributed by atoms with van der Waals surface area (Å²) in [4.78, 5) is 8.70. The third kappa shape index (κ3) is 11.2. The predicted molar refractivity (Wildman–Crippen MR) is 178 cm³/mol. The molecule has 0 amide bonds. The normalized spacial score (nSPS) is 12.7. The van der Waals surface area contributed by atoms with E-state index >= 15 is 0 Å². The van der Waals surface area contributed by atoms with Gasteiger partial charge in [0.1, 0.15) is 5.69 Å². The Bertz CT molecular complexity index is 1290. The van der Waals surface area contributed by atoms with E-state index in [1.54, 1.807) is 11.1 Å². The highest BCUT2D eigenvalue weighted by Gasteiger charge is 2.11. The molecule has 0 saturated heterocycles. The number of nitrogens with one attached hydrogen (secondary N) is 1. The van der Waals surface area contributed by atoms with Crippen LogP contribution >= 0.6 is 0 Å². The Morgan fingerprint density at radius 3 is 2.36 bits per heavy atom. The molecule has 4 N–H and O–H groups in total. The van der Waals surface area contributed by atoms with Gasteiger partial charge in [0, 0.05) is 19.0 Å². The van der Waals surface area contributed by atoms with Gasteiger partial charge in [-0.25, -0.2) is 4.98 Å². The molecule has 0 fully saturated rings. The lowest BCUT2D eigenvalue weighted by Crippen LogP contribution is -2.09. The summed E-state index contributed by atoms with van der Waals surface area (Å²) >= 11 is 0. The molecule has 8 nitrogen and oxygen atoms in total. The van der Waals surface area contributed by atoms with E-state index in [-0.39, 0.29) is 6.10 Å². The maximum Gasteiger partial charge on any atom is 0.152 e. The first-order chi connectivity index (χ1) is 20.4. The standard InChI is InChI=1S/C17H18.C16H27N3O.CH4N4/c1-13-6-2-5-9-17(13)16-11-10-14-7-3-4-8-15(14)12-16;1-5-7-10-18-16-15(17-4)12(3)11-13(19-16)8-9-14(20)6-2;1-3-5-4-2/h2,5-6,9-12H,3-4,7-8H2,1H3;11,14,20H,4-10H2,1-3H3,(H,18,19);1H2,(H2,2,5). The lowest BCUT2D eigenvalue weighted by Gasteiger charge is -2.17. The van der Waals surface area contributed by atoms with Crippen LogP contribution in [0.1, 0.15) is 80.3 Å². The van der Waals surface area contributed by atoms with E-state index < -0.39 is 0 Å². The highest BCUT2D eigenvalue weighted by atomic mass is 16.3. The molecule has 1 unspecified atom stereocenters. The van der Waals surface area contributed by atoms with Crippen molar-refractivity contribution < 1.29 is 5.11 Å². The number of aryl methyl sites for hydroxylation is 5. The number of benzene rings is 2. The minimum Gasteiger partial charge on any atom is -0.393 e. The van der Waals surface area contributed by atoms with Crippen molar-refractivity contribution in [3.63, 3.8) is 0 Å². The highest BCUT2D eigenvalue weighted by molar-refractivity contribution is 5.69. The van der Waals surface area contributed by atoms with Crippen LogP contribution in [0.15, 0.2) is 69.1 Å². The second kappa shape index (κ2) is 19.3. The second-order valence-corrected chi connectivity index (χ2v) is 10.5. The predicted octanol–water partition coefficient (Wildman–Crippen LogP) is 8.11. The number of fused-ring (bicyclic) bond motifs is 1. The molecule has 1 aliphatic rings. The maximum absolute atomic E-state index is 9.66. The van der Waals surface area contributed by atoms with Gasteiger partial charge in [0.15, 0.2) is 5.82 Å². The molecule has 226 valence electrons. The fourth-order valence-corrected chi connectivity index (χ4v) is 4.92. The smallest absolute Gasteiger partial charge is 0.152 e. The van der Waals surface area contributed by atoms with Crippen molar-refractivity contribution in [3.05, 3.63) is 76.5 Å². The molecule has 0 radical (unpaired) electrons. The largest absolute Gasteiger partial charge is 0.393 e. The van der Waals surface area contributed by atoms with Gasteiger partial charge in [-0.3, -0.25) is 4.99 Å². The van der Waals surface area contributed by atoms with Crippen molar-refractivity contribution in [1.82, 2.24) is 4.98 Å². The molecular formula is C34H49N7O. The van der Waals surface area contributed by atoms with Gasteiger partial charge in [-0.15, -0.1) is 5.10 Å². The Labute approximate surface area is 252 Å². The van der Waals surface area contributed by atoms with Crippen LogP contribution in [0.5, 0.6) is 0 Å². The van der Waals surface area contributed by atoms with E-state index in [1.807, 2.05) is 19.9 Å². The molecule has 0 aliphatic heterocycles. The molecule has 1 atom stereocenters. The average Bonchev–Trinajstić information content (AvgIpc) is 3.01. The number of aromatic nitrogens is 1. The van der Waals surface area contributed by atoms with Crippen LogP contribution in [0, 0.1) is 13.8 Å². The topological polar surface area (TPSA) is 121 Å². The maximum atomic E-state index is 9.66. The summed E-state index contributed by atoms with van der Waals surface area (Å²) in [7, 11) is 0. The fourth-order valence-electron chi connectivity index (χ4n) is 4.92. The molecule has 42 heavy (non-hydrogen) atoms. The first kappa shape index (κ1) is 34.3. The Morgan fingerprint density at radius 2 is 1.74 bits per heavy atom. The molecule has 1 heterocycles. The highest BCUT2D eigenvalue weighted by Crippen LogP contribution is 2.29. The quantitative estimate of drug-likeness (QED) is 0.0707. The van der Waals surface area contributed by atoms with Gasteiger partial charge in [0.2, 0.25) is 0 Å². The van der Waals surface area contributed by atoms with Gasteiger partial charge in [0.05, 0.1) is 6.10 Å². The Balaban J connectivity index is 0.000000255. The van der Waals surface area contributed by atoms with E-state index in [2.05, 4.69) is 106 Å². The molecule has 1 aliphatic carbocycles. The van der Waals surface area contributed by atoms with Crippen LogP contribution in [0.4, 0.5) is 11.5 Å². The number of hydrogen-bond acceptors (Lipinski definition) is 6. The van der Waals surface area contributed by atoms with Crippen molar-refractivity contribution in [3.8, 4) is 11.1 Å². The number of aliphatic hydroxyl groups excluding tert-OH is 1. The molecule has 0 bridgehead atoms. The van der Waals surface area contributed by atoms with Crippen molar-refractivity contribution in [2.45, 2.75) is 91.6 Å². The number of nitrogens with two attached hydrogens (primary N) is 1. The third-order valence-corrected chi connectivity index (χ3v) is 7.34. The monoisotopic (exact) mass is 571 g/mol. The fraction of sp³-hybridized carbons (Fsp3) is 0.441. The van der Waals surface area contributed by atoms with Crippen LogP contribution in [0.3, 0.4) is 0 Å². The number of anilines is 1. The van der Waals surface area contributed by atoms with Gasteiger partial charge in [-0.05, 0) is 117 Å². The number of aliphatic imine (C=N–C) groups is 1. The molecule has 8 heteroatoms. The van der Waals surface area contributed by atoms with Gasteiger partial charge in [-0.2, -0.15) is 0 Å². The minimum atomic E-state index is -0.245. The summed E-state index contributed by atoms with van der Waals surface area (Å²) in [6, 6.07) is 17.7. The summed E-state index contributed by atoms with van der Waals surface area (Å²) in [5, 5.41) is 21.6. The first-order valence-corrected chi connectivity index (χ1v) is 15.0. The number of pyridine rings is 1. The Morgan fingerprint density at radius 1 is 1.00 bits per heavy atom. The van der Waals surface area contributed by atoms with Gasteiger partial charge >= 0.3 is 0 Å².